The second kappa shape index (κ2) is 6.79. The predicted octanol–water partition coefficient (Wildman–Crippen LogP) is 0.235. The molecule has 14 heavy (non-hydrogen) atoms. The fourth-order valence-corrected chi connectivity index (χ4v) is 1.62. The van der Waals surface area contributed by atoms with E-state index >= 15 is 0 Å². The van der Waals surface area contributed by atoms with Crippen LogP contribution in [-0.4, -0.2) is 50.7 Å². The molecular formula is C10H20N2O2. The Morgan fingerprint density at radius 1 is 1.43 bits per heavy atom. The molecule has 0 radical (unpaired) electrons. The van der Waals surface area contributed by atoms with E-state index in [0.717, 1.165) is 39.0 Å². The van der Waals surface area contributed by atoms with Gasteiger partial charge in [-0.05, 0) is 19.4 Å². The van der Waals surface area contributed by atoms with Crippen molar-refractivity contribution in [2.24, 2.45) is 0 Å². The van der Waals surface area contributed by atoms with E-state index in [9.17, 15) is 4.79 Å². The lowest BCUT2D eigenvalue weighted by Gasteiger charge is -2.19. The molecule has 0 spiro atoms. The number of nitrogens with one attached hydrogen (secondary N) is 1. The number of amides is 1. The average Bonchev–Trinajstić information content (AvgIpc) is 2.46. The van der Waals surface area contributed by atoms with E-state index in [0.29, 0.717) is 13.0 Å². The first-order valence-corrected chi connectivity index (χ1v) is 5.32. The van der Waals surface area contributed by atoms with Gasteiger partial charge in [0, 0.05) is 39.8 Å². The number of methoxy groups -OCH3 is 1. The zero-order valence-electron chi connectivity index (χ0n) is 8.92. The highest BCUT2D eigenvalue weighted by atomic mass is 16.5. The zero-order chi connectivity index (χ0) is 10.2. The van der Waals surface area contributed by atoms with Crippen LogP contribution in [0.5, 0.6) is 0 Å². The highest BCUT2D eigenvalue weighted by molar-refractivity contribution is 5.76. The summed E-state index contributed by atoms with van der Waals surface area (Å²) in [4.78, 5) is 13.6. The Morgan fingerprint density at radius 3 is 3.07 bits per heavy atom. The molecule has 1 aliphatic heterocycles. The Labute approximate surface area is 85.6 Å². The maximum atomic E-state index is 11.7. The summed E-state index contributed by atoms with van der Waals surface area (Å²) in [7, 11) is 1.67. The minimum Gasteiger partial charge on any atom is -0.385 e. The van der Waals surface area contributed by atoms with Crippen LogP contribution < -0.4 is 5.32 Å². The molecule has 1 aliphatic rings. The molecule has 0 atom stereocenters. The van der Waals surface area contributed by atoms with Crippen LogP contribution >= 0.6 is 0 Å². The van der Waals surface area contributed by atoms with E-state index < -0.39 is 0 Å². The highest BCUT2D eigenvalue weighted by Gasteiger charge is 2.14. The minimum atomic E-state index is 0.269. The molecule has 1 amide bonds. The Bertz CT molecular complexity index is 166. The van der Waals surface area contributed by atoms with Gasteiger partial charge in [0.15, 0.2) is 0 Å². The van der Waals surface area contributed by atoms with Crippen molar-refractivity contribution < 1.29 is 9.53 Å². The van der Waals surface area contributed by atoms with E-state index in [-0.39, 0.29) is 5.91 Å². The zero-order valence-corrected chi connectivity index (χ0v) is 8.92. The van der Waals surface area contributed by atoms with Crippen LogP contribution in [0.4, 0.5) is 0 Å². The van der Waals surface area contributed by atoms with Crippen molar-refractivity contribution in [2.45, 2.75) is 19.3 Å². The highest BCUT2D eigenvalue weighted by Crippen LogP contribution is 2.01. The number of hydrogen-bond acceptors (Lipinski definition) is 3. The van der Waals surface area contributed by atoms with Gasteiger partial charge in [-0.3, -0.25) is 4.79 Å². The van der Waals surface area contributed by atoms with Crippen molar-refractivity contribution >= 4 is 5.91 Å². The maximum absolute atomic E-state index is 11.7. The fourth-order valence-electron chi connectivity index (χ4n) is 1.62. The van der Waals surface area contributed by atoms with Crippen molar-refractivity contribution in [3.63, 3.8) is 0 Å². The van der Waals surface area contributed by atoms with Gasteiger partial charge in [-0.1, -0.05) is 0 Å². The molecule has 4 heteroatoms. The normalized spacial score (nSPS) is 17.9. The van der Waals surface area contributed by atoms with Gasteiger partial charge in [0.1, 0.15) is 0 Å². The van der Waals surface area contributed by atoms with Crippen LogP contribution in [0.15, 0.2) is 0 Å². The summed E-state index contributed by atoms with van der Waals surface area (Å²) in [5, 5.41) is 3.28. The topological polar surface area (TPSA) is 41.6 Å². The van der Waals surface area contributed by atoms with E-state index in [2.05, 4.69) is 5.32 Å². The van der Waals surface area contributed by atoms with E-state index in [4.69, 9.17) is 4.74 Å². The third-order valence-electron chi connectivity index (χ3n) is 2.43. The number of nitrogens with zero attached hydrogens (tertiary/aromatic N) is 1. The Morgan fingerprint density at radius 2 is 2.29 bits per heavy atom. The monoisotopic (exact) mass is 200 g/mol. The number of ether oxygens (including phenoxy) is 1. The van der Waals surface area contributed by atoms with Crippen molar-refractivity contribution in [3.05, 3.63) is 0 Å². The lowest BCUT2D eigenvalue weighted by atomic mass is 10.2. The summed E-state index contributed by atoms with van der Waals surface area (Å²) in [6.45, 7) is 4.39. The smallest absolute Gasteiger partial charge is 0.222 e. The molecule has 1 fully saturated rings. The molecule has 0 bridgehead atoms. The average molecular weight is 200 g/mol. The largest absolute Gasteiger partial charge is 0.385 e. The summed E-state index contributed by atoms with van der Waals surface area (Å²) in [6.07, 6.45) is 2.52. The standard InChI is InChI=1S/C10H20N2O2/c1-14-9-2-4-10(13)12-7-3-5-11-6-8-12/h11H,2-9H2,1H3. The second-order valence-electron chi connectivity index (χ2n) is 3.58. The first kappa shape index (κ1) is 11.5. The molecule has 1 heterocycles. The quantitative estimate of drug-likeness (QED) is 0.661. The molecule has 0 unspecified atom stereocenters. The van der Waals surface area contributed by atoms with Gasteiger partial charge in [0.25, 0.3) is 0 Å². The molecule has 0 aromatic rings. The molecule has 0 aliphatic carbocycles. The van der Waals surface area contributed by atoms with E-state index in [1.54, 1.807) is 7.11 Å². The fraction of sp³-hybridized carbons (Fsp3) is 0.900. The summed E-state index contributed by atoms with van der Waals surface area (Å²) in [5.41, 5.74) is 0. The Balaban J connectivity index is 2.20. The number of rotatable bonds is 4. The van der Waals surface area contributed by atoms with Crippen molar-refractivity contribution in [1.82, 2.24) is 10.2 Å². The summed E-state index contributed by atoms with van der Waals surface area (Å²) < 4.78 is 4.92. The lowest BCUT2D eigenvalue weighted by molar-refractivity contribution is -0.131. The van der Waals surface area contributed by atoms with Crippen molar-refractivity contribution in [3.8, 4) is 0 Å². The first-order chi connectivity index (χ1) is 6.84. The SMILES string of the molecule is COCCCC(=O)N1CCCNCC1. The second-order valence-corrected chi connectivity index (χ2v) is 3.58. The van der Waals surface area contributed by atoms with Gasteiger partial charge in [0.2, 0.25) is 5.91 Å². The minimum absolute atomic E-state index is 0.269. The molecule has 0 aromatic heterocycles. The Kier molecular flexibility index (Phi) is 5.56. The Hall–Kier alpha value is -0.610. The maximum Gasteiger partial charge on any atom is 0.222 e. The summed E-state index contributed by atoms with van der Waals surface area (Å²) in [6, 6.07) is 0. The molecule has 1 N–H and O–H groups in total. The van der Waals surface area contributed by atoms with E-state index in [1.165, 1.54) is 0 Å². The predicted molar refractivity (Wildman–Crippen MR) is 55.2 cm³/mol. The summed E-state index contributed by atoms with van der Waals surface area (Å²) in [5.74, 6) is 0.269. The first-order valence-electron chi connectivity index (χ1n) is 5.32. The third kappa shape index (κ3) is 4.07. The van der Waals surface area contributed by atoms with Gasteiger partial charge in [0.05, 0.1) is 0 Å². The molecule has 1 saturated heterocycles. The van der Waals surface area contributed by atoms with Gasteiger partial charge in [-0.2, -0.15) is 0 Å². The molecule has 0 aromatic carbocycles. The van der Waals surface area contributed by atoms with Gasteiger partial charge < -0.3 is 15.0 Å². The van der Waals surface area contributed by atoms with Gasteiger partial charge >= 0.3 is 0 Å². The van der Waals surface area contributed by atoms with Crippen LogP contribution in [-0.2, 0) is 9.53 Å². The van der Waals surface area contributed by atoms with Crippen LogP contribution in [0, 0.1) is 0 Å². The third-order valence-corrected chi connectivity index (χ3v) is 2.43. The number of carbonyl (C=O) groups is 1. The number of carbonyl (C=O) groups excluding carboxylic acids is 1. The molecule has 1 rings (SSSR count). The molecule has 0 saturated carbocycles. The van der Waals surface area contributed by atoms with Crippen molar-refractivity contribution in [1.29, 1.82) is 0 Å². The van der Waals surface area contributed by atoms with Crippen molar-refractivity contribution in [2.75, 3.05) is 39.9 Å². The van der Waals surface area contributed by atoms with Gasteiger partial charge in [-0.15, -0.1) is 0 Å². The summed E-state index contributed by atoms with van der Waals surface area (Å²) >= 11 is 0. The van der Waals surface area contributed by atoms with Crippen LogP contribution in [0.3, 0.4) is 0 Å². The van der Waals surface area contributed by atoms with E-state index in [1.807, 2.05) is 4.90 Å². The molecular weight excluding hydrogens is 180 g/mol. The molecule has 82 valence electrons. The van der Waals surface area contributed by atoms with Crippen LogP contribution in [0.2, 0.25) is 0 Å². The lowest BCUT2D eigenvalue weighted by Crippen LogP contribution is -2.34. The van der Waals surface area contributed by atoms with Gasteiger partial charge in [-0.25, -0.2) is 0 Å². The van der Waals surface area contributed by atoms with Crippen LogP contribution in [0.25, 0.3) is 0 Å². The number of hydrogen-bond donors (Lipinski definition) is 1. The molecule has 4 nitrogen and oxygen atoms in total. The van der Waals surface area contributed by atoms with Crippen LogP contribution in [0.1, 0.15) is 19.3 Å².